The number of hydrogen-bond acceptors (Lipinski definition) is 3. The van der Waals surface area contributed by atoms with Gasteiger partial charge in [-0.1, -0.05) is 115 Å². The zero-order chi connectivity index (χ0) is 30.9. The maximum Gasteiger partial charge on any atom is 0.143 e. The van der Waals surface area contributed by atoms with E-state index >= 15 is 0 Å². The van der Waals surface area contributed by atoms with Gasteiger partial charge in [0.1, 0.15) is 22.3 Å². The van der Waals surface area contributed by atoms with E-state index in [2.05, 4.69) is 157 Å². The Bertz CT molecular complexity index is 2790. The van der Waals surface area contributed by atoms with Crippen molar-refractivity contribution in [3.05, 3.63) is 164 Å². The van der Waals surface area contributed by atoms with Crippen molar-refractivity contribution >= 4 is 82.5 Å². The molecule has 0 spiro atoms. The van der Waals surface area contributed by atoms with E-state index in [4.69, 9.17) is 8.83 Å². The monoisotopic (exact) mass is 601 g/mol. The van der Waals surface area contributed by atoms with Crippen LogP contribution in [0, 0.1) is 0 Å². The summed E-state index contributed by atoms with van der Waals surface area (Å²) >= 11 is 0. The second-order valence-electron chi connectivity index (χ2n) is 12.0. The minimum atomic E-state index is 0.859. The maximum absolute atomic E-state index is 6.84. The highest BCUT2D eigenvalue weighted by atomic mass is 16.3. The van der Waals surface area contributed by atoms with Gasteiger partial charge in [0.15, 0.2) is 0 Å². The molecule has 0 radical (unpaired) electrons. The van der Waals surface area contributed by atoms with Gasteiger partial charge >= 0.3 is 0 Å². The Morgan fingerprint density at radius 3 is 1.77 bits per heavy atom. The molecule has 10 aromatic rings. The van der Waals surface area contributed by atoms with Crippen molar-refractivity contribution < 1.29 is 8.83 Å². The summed E-state index contributed by atoms with van der Waals surface area (Å²) in [7, 11) is 0. The van der Waals surface area contributed by atoms with Crippen molar-refractivity contribution in [1.29, 1.82) is 0 Å². The minimum Gasteiger partial charge on any atom is -0.456 e. The molecule has 0 aliphatic carbocycles. The molecule has 0 N–H and O–H groups in total. The van der Waals surface area contributed by atoms with Gasteiger partial charge in [-0.15, -0.1) is 0 Å². The third kappa shape index (κ3) is 3.87. The molecular formula is C44H27NO2. The third-order valence-corrected chi connectivity index (χ3v) is 9.43. The first-order valence-electron chi connectivity index (χ1n) is 15.9. The van der Waals surface area contributed by atoms with Crippen molar-refractivity contribution in [3.63, 3.8) is 0 Å². The summed E-state index contributed by atoms with van der Waals surface area (Å²) in [4.78, 5) is 2.34. The Hall–Kier alpha value is -6.32. The third-order valence-electron chi connectivity index (χ3n) is 9.43. The number of para-hydroxylation sites is 2. The lowest BCUT2D eigenvalue weighted by Crippen LogP contribution is -2.11. The Kier molecular flexibility index (Phi) is 5.57. The van der Waals surface area contributed by atoms with E-state index in [9.17, 15) is 0 Å². The van der Waals surface area contributed by atoms with E-state index in [-0.39, 0.29) is 0 Å². The van der Waals surface area contributed by atoms with Crippen molar-refractivity contribution in [1.82, 2.24) is 0 Å². The average Bonchev–Trinajstić information content (AvgIpc) is 3.72. The van der Waals surface area contributed by atoms with Crippen LogP contribution in [0.2, 0.25) is 0 Å². The largest absolute Gasteiger partial charge is 0.456 e. The van der Waals surface area contributed by atoms with Crippen LogP contribution in [0.5, 0.6) is 0 Å². The number of fused-ring (bicyclic) bond motifs is 11. The first-order chi connectivity index (χ1) is 23.3. The SMILES string of the molecule is c1ccc(-c2c(N(c3ccccc3)c3ccc4c(c3)oc3ccccc34)ccc3oc4c5ccccc5c5ccccc5c4c23)cc1. The van der Waals surface area contributed by atoms with Gasteiger partial charge in [-0.05, 0) is 64.2 Å². The van der Waals surface area contributed by atoms with Crippen LogP contribution in [-0.2, 0) is 0 Å². The second-order valence-corrected chi connectivity index (χ2v) is 12.0. The molecule has 10 rings (SSSR count). The van der Waals surface area contributed by atoms with Gasteiger partial charge in [-0.2, -0.15) is 0 Å². The van der Waals surface area contributed by atoms with E-state index in [1.54, 1.807) is 0 Å². The number of rotatable bonds is 4. The summed E-state index contributed by atoms with van der Waals surface area (Å²) in [5, 5.41) is 9.19. The Labute approximate surface area is 270 Å². The van der Waals surface area contributed by atoms with Gasteiger partial charge in [-0.25, -0.2) is 0 Å². The molecule has 2 aromatic heterocycles. The second kappa shape index (κ2) is 10.1. The molecule has 0 unspecified atom stereocenters. The predicted octanol–water partition coefficient (Wildman–Crippen LogP) is 12.9. The van der Waals surface area contributed by atoms with Crippen LogP contribution in [0.25, 0.3) is 76.5 Å². The molecule has 3 nitrogen and oxygen atoms in total. The highest BCUT2D eigenvalue weighted by Gasteiger charge is 2.25. The Balaban J connectivity index is 1.35. The number of anilines is 3. The molecule has 3 heteroatoms. The molecule has 220 valence electrons. The van der Waals surface area contributed by atoms with Gasteiger partial charge in [0, 0.05) is 49.9 Å². The van der Waals surface area contributed by atoms with Crippen molar-refractivity contribution in [2.24, 2.45) is 0 Å². The van der Waals surface area contributed by atoms with Gasteiger partial charge in [-0.3, -0.25) is 0 Å². The van der Waals surface area contributed by atoms with Crippen LogP contribution in [0.4, 0.5) is 17.1 Å². The van der Waals surface area contributed by atoms with Crippen molar-refractivity contribution in [3.8, 4) is 11.1 Å². The van der Waals surface area contributed by atoms with Crippen LogP contribution in [0.3, 0.4) is 0 Å². The first kappa shape index (κ1) is 26.0. The number of benzene rings is 8. The molecule has 0 amide bonds. The molecular weight excluding hydrogens is 574 g/mol. The fraction of sp³-hybridized carbons (Fsp3) is 0. The van der Waals surface area contributed by atoms with E-state index in [0.29, 0.717) is 0 Å². The highest BCUT2D eigenvalue weighted by Crippen LogP contribution is 2.50. The molecule has 0 bridgehead atoms. The summed E-state index contributed by atoms with van der Waals surface area (Å²) in [6.45, 7) is 0. The van der Waals surface area contributed by atoms with Crippen LogP contribution >= 0.6 is 0 Å². The lowest BCUT2D eigenvalue weighted by molar-refractivity contribution is 0.669. The summed E-state index contributed by atoms with van der Waals surface area (Å²) in [5.41, 5.74) is 8.91. The minimum absolute atomic E-state index is 0.859. The topological polar surface area (TPSA) is 29.5 Å². The Morgan fingerprint density at radius 1 is 0.362 bits per heavy atom. The van der Waals surface area contributed by atoms with Crippen molar-refractivity contribution in [2.75, 3.05) is 4.90 Å². The van der Waals surface area contributed by atoms with Crippen LogP contribution in [-0.4, -0.2) is 0 Å². The summed E-state index contributed by atoms with van der Waals surface area (Å²) < 4.78 is 13.2. The van der Waals surface area contributed by atoms with Gasteiger partial charge in [0.05, 0.1) is 5.69 Å². The molecule has 0 saturated carbocycles. The molecule has 0 aliphatic rings. The van der Waals surface area contributed by atoms with Gasteiger partial charge in [0.2, 0.25) is 0 Å². The molecule has 2 heterocycles. The zero-order valence-electron chi connectivity index (χ0n) is 25.4. The fourth-order valence-electron chi connectivity index (χ4n) is 7.42. The standard InChI is InChI=1S/C44H27NO2/c1-3-13-28(14-4-1)41-37(25-26-39-43(41)42-35-20-9-7-17-31(35)32-18-8-10-21-36(32)44(42)47-39)45(29-15-5-2-6-16-29)30-23-24-34-33-19-11-12-22-38(33)46-40(34)27-30/h1-27H. The first-order valence-corrected chi connectivity index (χ1v) is 15.9. The molecule has 0 saturated heterocycles. The predicted molar refractivity (Wildman–Crippen MR) is 196 cm³/mol. The summed E-state index contributed by atoms with van der Waals surface area (Å²) in [6.07, 6.45) is 0. The van der Waals surface area contributed by atoms with E-state index in [1.165, 1.54) is 16.2 Å². The maximum atomic E-state index is 6.84. The number of hydrogen-bond donors (Lipinski definition) is 0. The molecule has 0 atom stereocenters. The smallest absolute Gasteiger partial charge is 0.143 e. The van der Waals surface area contributed by atoms with E-state index in [0.717, 1.165) is 77.5 Å². The van der Waals surface area contributed by atoms with Gasteiger partial charge < -0.3 is 13.7 Å². The van der Waals surface area contributed by atoms with E-state index in [1.807, 2.05) is 12.1 Å². The van der Waals surface area contributed by atoms with Gasteiger partial charge in [0.25, 0.3) is 0 Å². The van der Waals surface area contributed by atoms with Crippen molar-refractivity contribution in [2.45, 2.75) is 0 Å². The fourth-order valence-corrected chi connectivity index (χ4v) is 7.42. The van der Waals surface area contributed by atoms with Crippen LogP contribution in [0.1, 0.15) is 0 Å². The van der Waals surface area contributed by atoms with E-state index < -0.39 is 0 Å². The molecule has 0 aliphatic heterocycles. The number of furan rings is 2. The molecule has 8 aromatic carbocycles. The normalized spacial score (nSPS) is 11.8. The zero-order valence-corrected chi connectivity index (χ0v) is 25.4. The quantitative estimate of drug-likeness (QED) is 0.188. The highest BCUT2D eigenvalue weighted by molar-refractivity contribution is 6.33. The van der Waals surface area contributed by atoms with Crippen LogP contribution in [0.15, 0.2) is 173 Å². The number of nitrogens with zero attached hydrogens (tertiary/aromatic N) is 1. The molecule has 47 heavy (non-hydrogen) atoms. The lowest BCUT2D eigenvalue weighted by atomic mass is 9.92. The summed E-state index contributed by atoms with van der Waals surface area (Å²) in [5.74, 6) is 0. The summed E-state index contributed by atoms with van der Waals surface area (Å²) in [6, 6.07) is 57.7. The van der Waals surface area contributed by atoms with Crippen LogP contribution < -0.4 is 4.90 Å². The average molecular weight is 602 g/mol. The Morgan fingerprint density at radius 2 is 0.979 bits per heavy atom. The lowest BCUT2D eigenvalue weighted by Gasteiger charge is -2.28. The molecule has 0 fully saturated rings.